The number of hydrogen-bond acceptors (Lipinski definition) is 7. The number of imidazole rings is 1. The number of carbonyl (C=O) groups is 1. The van der Waals surface area contributed by atoms with Crippen LogP contribution in [0.25, 0.3) is 17.2 Å². The van der Waals surface area contributed by atoms with Crippen molar-refractivity contribution in [2.45, 2.75) is 49.7 Å². The largest absolute Gasteiger partial charge is 0.573 e. The summed E-state index contributed by atoms with van der Waals surface area (Å²) < 4.78 is 81.9. The number of alkyl halides is 6. The number of halogens is 6. The van der Waals surface area contributed by atoms with Crippen molar-refractivity contribution in [3.05, 3.63) is 59.7 Å². The highest BCUT2D eigenvalue weighted by atomic mass is 19.4. The third-order valence-corrected chi connectivity index (χ3v) is 7.65. The van der Waals surface area contributed by atoms with Crippen LogP contribution in [0.3, 0.4) is 0 Å². The molecular weight excluding hydrogens is 556 g/mol. The molecule has 41 heavy (non-hydrogen) atoms. The molecule has 7 rings (SSSR count). The van der Waals surface area contributed by atoms with Gasteiger partial charge in [-0.1, -0.05) is 12.1 Å². The summed E-state index contributed by atoms with van der Waals surface area (Å²) in [7, 11) is 0. The van der Waals surface area contributed by atoms with Gasteiger partial charge in [0.15, 0.2) is 11.5 Å². The Hall–Kier alpha value is -4.43. The number of fused-ring (bicyclic) bond motifs is 3. The van der Waals surface area contributed by atoms with Crippen molar-refractivity contribution < 1.29 is 35.9 Å². The van der Waals surface area contributed by atoms with E-state index >= 15 is 0 Å². The Balaban J connectivity index is 1.29. The summed E-state index contributed by atoms with van der Waals surface area (Å²) in [6, 6.07) is 5.12. The first-order valence-corrected chi connectivity index (χ1v) is 12.7. The summed E-state index contributed by atoms with van der Waals surface area (Å²) in [5.74, 6) is -0.191. The standard InChI is InChI=1S/C26H19F6N7O2/c27-24(28,29)7-1-2-15-22-33-8-9-39(22)11-17(34-15)19-36-20-18-21(37-19)38-23(40)25(18,14-10-16(14)35-20)12-3-5-13(6-4-12)41-26(30,31)32/h3-6,8-9,11,14,16H,1-2,7,10H2,(H2,35,36,37,38,40). The highest BCUT2D eigenvalue weighted by Crippen LogP contribution is 2.62. The van der Waals surface area contributed by atoms with E-state index in [2.05, 4.69) is 35.3 Å². The van der Waals surface area contributed by atoms with Crippen LogP contribution in [0.5, 0.6) is 5.75 Å². The van der Waals surface area contributed by atoms with Gasteiger partial charge in [0, 0.05) is 37.0 Å². The van der Waals surface area contributed by atoms with Gasteiger partial charge in [-0.05, 0) is 37.0 Å². The topological polar surface area (TPSA) is 106 Å². The minimum Gasteiger partial charge on any atom is -0.406 e. The summed E-state index contributed by atoms with van der Waals surface area (Å²) in [6.07, 6.45) is -4.87. The molecule has 212 valence electrons. The number of nitrogens with one attached hydrogen (secondary N) is 2. The number of carbonyl (C=O) groups excluding carboxylic acids is 1. The van der Waals surface area contributed by atoms with E-state index in [1.54, 1.807) is 16.8 Å². The van der Waals surface area contributed by atoms with Crippen LogP contribution < -0.4 is 15.4 Å². The zero-order valence-corrected chi connectivity index (χ0v) is 20.8. The van der Waals surface area contributed by atoms with Crippen molar-refractivity contribution >= 4 is 23.2 Å². The second kappa shape index (κ2) is 8.54. The average Bonchev–Trinajstić information content (AvgIpc) is 3.38. The molecule has 3 unspecified atom stereocenters. The molecule has 0 spiro atoms. The molecule has 0 bridgehead atoms. The molecule has 1 saturated carbocycles. The molecule has 15 heteroatoms. The normalized spacial score (nSPS) is 22.6. The third-order valence-electron chi connectivity index (χ3n) is 7.65. The highest BCUT2D eigenvalue weighted by Gasteiger charge is 2.66. The predicted molar refractivity (Wildman–Crippen MR) is 131 cm³/mol. The van der Waals surface area contributed by atoms with Crippen LogP contribution in [0.1, 0.15) is 36.1 Å². The number of aryl methyl sites for hydroxylation is 1. The van der Waals surface area contributed by atoms with Crippen molar-refractivity contribution in [1.82, 2.24) is 24.3 Å². The highest BCUT2D eigenvalue weighted by molar-refractivity contribution is 6.11. The van der Waals surface area contributed by atoms with E-state index < -0.39 is 30.1 Å². The Morgan fingerprint density at radius 2 is 1.80 bits per heavy atom. The number of ether oxygens (including phenoxy) is 1. The van der Waals surface area contributed by atoms with Crippen molar-refractivity contribution in [2.75, 3.05) is 10.6 Å². The second-order valence-corrected chi connectivity index (χ2v) is 10.2. The molecule has 9 nitrogen and oxygen atoms in total. The molecule has 0 radical (unpaired) electrons. The minimum absolute atomic E-state index is 0.0293. The Kier molecular flexibility index (Phi) is 5.32. The molecule has 4 aromatic rings. The van der Waals surface area contributed by atoms with Crippen LogP contribution in [0.15, 0.2) is 42.9 Å². The molecule has 2 N–H and O–H groups in total. The zero-order valence-electron chi connectivity index (χ0n) is 20.8. The van der Waals surface area contributed by atoms with Gasteiger partial charge in [-0.15, -0.1) is 13.2 Å². The quantitative estimate of drug-likeness (QED) is 0.311. The van der Waals surface area contributed by atoms with Gasteiger partial charge in [-0.3, -0.25) is 4.79 Å². The number of benzene rings is 1. The van der Waals surface area contributed by atoms with Crippen LogP contribution in [0.2, 0.25) is 0 Å². The molecule has 1 amide bonds. The smallest absolute Gasteiger partial charge is 0.406 e. The maximum Gasteiger partial charge on any atom is 0.573 e. The SMILES string of the molecule is O=C1Nc2nc(-c3cn4ccnc4c(CCCC(F)(F)F)n3)nc3c2C1(c1ccc(OC(F)(F)F)cc1)C1CC1N3. The van der Waals surface area contributed by atoms with Crippen LogP contribution in [-0.2, 0) is 16.6 Å². The van der Waals surface area contributed by atoms with Gasteiger partial charge >= 0.3 is 12.5 Å². The van der Waals surface area contributed by atoms with Crippen LogP contribution in [0.4, 0.5) is 38.0 Å². The fraction of sp³-hybridized carbons (Fsp3) is 0.346. The lowest BCUT2D eigenvalue weighted by atomic mass is 9.70. The van der Waals surface area contributed by atoms with Gasteiger partial charge in [0.2, 0.25) is 5.91 Å². The number of hydrogen-bond donors (Lipinski definition) is 2. The Morgan fingerprint density at radius 3 is 2.54 bits per heavy atom. The molecule has 2 aliphatic heterocycles. The van der Waals surface area contributed by atoms with E-state index in [1.165, 1.54) is 30.5 Å². The number of rotatable bonds is 6. The molecule has 1 fully saturated rings. The lowest BCUT2D eigenvalue weighted by Gasteiger charge is -2.33. The first-order valence-electron chi connectivity index (χ1n) is 12.7. The van der Waals surface area contributed by atoms with Crippen molar-refractivity contribution in [3.63, 3.8) is 0 Å². The van der Waals surface area contributed by atoms with E-state index in [-0.39, 0.29) is 48.0 Å². The van der Waals surface area contributed by atoms with Crippen LogP contribution in [0, 0.1) is 5.92 Å². The lowest BCUT2D eigenvalue weighted by molar-refractivity contribution is -0.274. The molecule has 1 aromatic carbocycles. The number of aromatic nitrogens is 5. The van der Waals surface area contributed by atoms with Gasteiger partial charge in [0.05, 0.1) is 11.3 Å². The van der Waals surface area contributed by atoms with Gasteiger partial charge in [-0.25, -0.2) is 19.9 Å². The first kappa shape index (κ1) is 25.5. The van der Waals surface area contributed by atoms with Gasteiger partial charge in [0.25, 0.3) is 0 Å². The third kappa shape index (κ3) is 4.21. The summed E-state index contributed by atoms with van der Waals surface area (Å²) >= 11 is 0. The van der Waals surface area contributed by atoms with Crippen molar-refractivity contribution in [1.29, 1.82) is 0 Å². The number of anilines is 2. The monoisotopic (exact) mass is 575 g/mol. The van der Waals surface area contributed by atoms with E-state index in [0.717, 1.165) is 0 Å². The maximum atomic E-state index is 13.6. The van der Waals surface area contributed by atoms with E-state index in [4.69, 9.17) is 0 Å². The molecule has 0 saturated heterocycles. The second-order valence-electron chi connectivity index (χ2n) is 10.2. The number of nitrogens with zero attached hydrogens (tertiary/aromatic N) is 5. The molecule has 1 aliphatic carbocycles. The van der Waals surface area contributed by atoms with Crippen molar-refractivity contribution in [2.24, 2.45) is 5.92 Å². The molecule has 3 atom stereocenters. The fourth-order valence-corrected chi connectivity index (χ4v) is 5.96. The van der Waals surface area contributed by atoms with Crippen LogP contribution >= 0.6 is 0 Å². The Bertz CT molecular complexity index is 1700. The minimum atomic E-state index is -4.85. The summed E-state index contributed by atoms with van der Waals surface area (Å²) in [5.41, 5.74) is 0.812. The molecule has 5 heterocycles. The molecular formula is C26H19F6N7O2. The van der Waals surface area contributed by atoms with E-state index in [0.29, 0.717) is 34.7 Å². The Morgan fingerprint density at radius 1 is 1.05 bits per heavy atom. The van der Waals surface area contributed by atoms with Gasteiger partial charge in [0.1, 0.15) is 28.5 Å². The molecule has 3 aliphatic rings. The summed E-state index contributed by atoms with van der Waals surface area (Å²) in [6.45, 7) is 0. The average molecular weight is 575 g/mol. The zero-order chi connectivity index (χ0) is 28.7. The number of amides is 1. The lowest BCUT2D eigenvalue weighted by Crippen LogP contribution is -2.42. The van der Waals surface area contributed by atoms with E-state index in [1.807, 2.05) is 0 Å². The fourth-order valence-electron chi connectivity index (χ4n) is 5.96. The summed E-state index contributed by atoms with van der Waals surface area (Å²) in [5, 5.41) is 6.14. The van der Waals surface area contributed by atoms with Gasteiger partial charge < -0.3 is 19.8 Å². The van der Waals surface area contributed by atoms with E-state index in [9.17, 15) is 31.1 Å². The Labute approximate surface area is 227 Å². The van der Waals surface area contributed by atoms with Crippen molar-refractivity contribution in [3.8, 4) is 17.3 Å². The molecule has 3 aromatic heterocycles. The first-order chi connectivity index (χ1) is 19.4. The maximum absolute atomic E-state index is 13.6. The van der Waals surface area contributed by atoms with Crippen LogP contribution in [-0.4, -0.2) is 48.8 Å². The summed E-state index contributed by atoms with van der Waals surface area (Å²) in [4.78, 5) is 31.6. The van der Waals surface area contributed by atoms with Gasteiger partial charge in [-0.2, -0.15) is 13.2 Å². The predicted octanol–water partition coefficient (Wildman–Crippen LogP) is 5.02.